The first kappa shape index (κ1) is 43.5. The zero-order chi connectivity index (χ0) is 41.8. The SMILES string of the molecule is COC1CCC([Si](C)(C)[C@@H]2[C@@H](CC(=O)N(CCO)CC3CCCCC3)O[C@]3(C(=O)N(CC4CCC(N5C(=O)C6CCCC7CCCC5C76)CC4)C4=C3CCCC4)[C@H]2C)CC1. The van der Waals surface area contributed by atoms with Crippen molar-refractivity contribution in [1.29, 1.82) is 0 Å². The van der Waals surface area contributed by atoms with Gasteiger partial charge in [0.15, 0.2) is 5.60 Å². The van der Waals surface area contributed by atoms with Crippen LogP contribution in [0.1, 0.15) is 161 Å². The molecule has 336 valence electrons. The topological polar surface area (TPSA) is 99.6 Å². The van der Waals surface area contributed by atoms with Gasteiger partial charge in [0.2, 0.25) is 11.8 Å². The van der Waals surface area contributed by atoms with Crippen LogP contribution in [0.4, 0.5) is 0 Å². The molecule has 7 fully saturated rings. The summed E-state index contributed by atoms with van der Waals surface area (Å²) in [6, 6.07) is 0.831. The Hall–Kier alpha value is -1.75. The van der Waals surface area contributed by atoms with E-state index in [1.54, 1.807) is 0 Å². The molecule has 9 aliphatic rings. The first-order chi connectivity index (χ1) is 29.1. The van der Waals surface area contributed by atoms with Gasteiger partial charge in [-0.3, -0.25) is 14.4 Å². The van der Waals surface area contributed by atoms with Crippen LogP contribution in [-0.2, 0) is 23.9 Å². The van der Waals surface area contributed by atoms with E-state index in [0.29, 0.717) is 60.4 Å². The molecule has 5 saturated carbocycles. The minimum Gasteiger partial charge on any atom is -0.395 e. The summed E-state index contributed by atoms with van der Waals surface area (Å²) in [6.07, 6.45) is 26.6. The molecular formula is C50H81N3O6Si. The third kappa shape index (κ3) is 7.71. The number of rotatable bonds is 12. The minimum absolute atomic E-state index is 0.00196. The molecule has 3 aliphatic heterocycles. The van der Waals surface area contributed by atoms with Gasteiger partial charge in [0, 0.05) is 56.4 Å². The predicted octanol–water partition coefficient (Wildman–Crippen LogP) is 9.25. The highest BCUT2D eigenvalue weighted by molar-refractivity contribution is 6.80. The highest BCUT2D eigenvalue weighted by atomic mass is 28.3. The normalized spacial score (nSPS) is 40.0. The number of methoxy groups -OCH3 is 1. The number of aliphatic hydroxyl groups is 1. The highest BCUT2D eigenvalue weighted by Crippen LogP contribution is 2.62. The number of fused-ring (bicyclic) bond motifs is 1. The van der Waals surface area contributed by atoms with E-state index in [1.165, 1.54) is 62.6 Å². The first-order valence-electron chi connectivity index (χ1n) is 25.5. The Morgan fingerprint density at radius 3 is 2.28 bits per heavy atom. The van der Waals surface area contributed by atoms with Crippen LogP contribution in [0, 0.1) is 35.5 Å². The van der Waals surface area contributed by atoms with Gasteiger partial charge in [-0.25, -0.2) is 0 Å². The Balaban J connectivity index is 0.949. The van der Waals surface area contributed by atoms with Crippen LogP contribution in [0.5, 0.6) is 0 Å². The van der Waals surface area contributed by atoms with E-state index >= 15 is 4.79 Å². The number of carbonyl (C=O) groups excluding carboxylic acids is 3. The van der Waals surface area contributed by atoms with Gasteiger partial charge >= 0.3 is 0 Å². The number of hydrogen-bond acceptors (Lipinski definition) is 6. The zero-order valence-corrected chi connectivity index (χ0v) is 39.1. The molecule has 60 heavy (non-hydrogen) atoms. The average Bonchev–Trinajstić information content (AvgIpc) is 3.82. The number of ether oxygens (including phenoxy) is 2. The molecule has 0 bridgehead atoms. The lowest BCUT2D eigenvalue weighted by atomic mass is 9.65. The third-order valence-electron chi connectivity index (χ3n) is 19.1. The maximum atomic E-state index is 15.6. The third-order valence-corrected chi connectivity index (χ3v) is 24.4. The van der Waals surface area contributed by atoms with Gasteiger partial charge in [0.1, 0.15) is 0 Å². The Bertz CT molecular complexity index is 1600. The molecule has 2 saturated heterocycles. The molecule has 0 aromatic carbocycles. The van der Waals surface area contributed by atoms with Crippen LogP contribution in [0.2, 0.25) is 24.2 Å². The van der Waals surface area contributed by atoms with Crippen molar-refractivity contribution in [2.24, 2.45) is 35.5 Å². The maximum absolute atomic E-state index is 15.6. The fraction of sp³-hybridized carbons (Fsp3) is 0.900. The molecule has 0 aromatic rings. The van der Waals surface area contributed by atoms with Gasteiger partial charge in [-0.15, -0.1) is 0 Å². The number of carbonyl (C=O) groups is 3. The summed E-state index contributed by atoms with van der Waals surface area (Å²) in [4.78, 5) is 50.8. The lowest BCUT2D eigenvalue weighted by Crippen LogP contribution is -2.51. The van der Waals surface area contributed by atoms with E-state index in [1.807, 2.05) is 12.0 Å². The number of aliphatic hydroxyl groups excluding tert-OH is 1. The molecule has 3 heterocycles. The Kier molecular flexibility index (Phi) is 13.1. The smallest absolute Gasteiger partial charge is 0.263 e. The highest BCUT2D eigenvalue weighted by Gasteiger charge is 2.68. The number of nitrogens with zero attached hydrogens (tertiary/aromatic N) is 3. The van der Waals surface area contributed by atoms with Crippen molar-refractivity contribution in [1.82, 2.24) is 14.7 Å². The predicted molar refractivity (Wildman–Crippen MR) is 238 cm³/mol. The number of allylic oxidation sites excluding steroid dienone is 1. The zero-order valence-electron chi connectivity index (χ0n) is 38.1. The molecule has 8 atom stereocenters. The summed E-state index contributed by atoms with van der Waals surface area (Å²) in [5, 5.41) is 10.2. The van der Waals surface area contributed by atoms with Crippen LogP contribution in [0.3, 0.4) is 0 Å². The van der Waals surface area contributed by atoms with Crippen molar-refractivity contribution >= 4 is 25.8 Å². The van der Waals surface area contributed by atoms with Crippen molar-refractivity contribution in [2.45, 2.75) is 215 Å². The molecule has 0 aromatic heterocycles. The molecule has 10 heteroatoms. The van der Waals surface area contributed by atoms with E-state index in [-0.39, 0.29) is 41.9 Å². The van der Waals surface area contributed by atoms with E-state index in [2.05, 4.69) is 29.8 Å². The van der Waals surface area contributed by atoms with Crippen molar-refractivity contribution in [2.75, 3.05) is 33.4 Å². The molecule has 6 aliphatic carbocycles. The Labute approximate surface area is 363 Å². The van der Waals surface area contributed by atoms with Crippen LogP contribution >= 0.6 is 0 Å². The van der Waals surface area contributed by atoms with Crippen LogP contribution in [-0.4, -0.2) is 109 Å². The lowest BCUT2D eigenvalue weighted by Gasteiger charge is -2.45. The second kappa shape index (κ2) is 18.0. The van der Waals surface area contributed by atoms with Gasteiger partial charge in [0.05, 0.1) is 33.3 Å². The van der Waals surface area contributed by atoms with Crippen molar-refractivity contribution in [3.8, 4) is 0 Å². The van der Waals surface area contributed by atoms with E-state index in [0.717, 1.165) is 115 Å². The van der Waals surface area contributed by atoms with Gasteiger partial charge < -0.3 is 29.3 Å². The van der Waals surface area contributed by atoms with Crippen LogP contribution in [0.25, 0.3) is 0 Å². The fourth-order valence-electron chi connectivity index (χ4n) is 16.1. The summed E-state index contributed by atoms with van der Waals surface area (Å²) in [5.41, 5.74) is 2.28. The van der Waals surface area contributed by atoms with Gasteiger partial charge in [-0.05, 0) is 130 Å². The second-order valence-electron chi connectivity index (χ2n) is 22.3. The van der Waals surface area contributed by atoms with E-state index in [4.69, 9.17) is 9.47 Å². The number of amides is 3. The van der Waals surface area contributed by atoms with Gasteiger partial charge in [-0.1, -0.05) is 77.8 Å². The molecule has 3 amide bonds. The fourth-order valence-corrected chi connectivity index (χ4v) is 21.2. The second-order valence-corrected chi connectivity index (χ2v) is 27.5. The summed E-state index contributed by atoms with van der Waals surface area (Å²) < 4.78 is 13.4. The summed E-state index contributed by atoms with van der Waals surface area (Å²) in [7, 11) is -0.271. The van der Waals surface area contributed by atoms with Crippen molar-refractivity contribution < 1.29 is 29.0 Å². The summed E-state index contributed by atoms with van der Waals surface area (Å²) in [6.45, 7) is 9.26. The summed E-state index contributed by atoms with van der Waals surface area (Å²) in [5.74, 6) is 3.31. The van der Waals surface area contributed by atoms with E-state index in [9.17, 15) is 14.7 Å². The molecule has 9 nitrogen and oxygen atoms in total. The molecular weight excluding hydrogens is 767 g/mol. The maximum Gasteiger partial charge on any atom is 0.263 e. The Morgan fingerprint density at radius 2 is 1.57 bits per heavy atom. The van der Waals surface area contributed by atoms with Gasteiger partial charge in [0.25, 0.3) is 5.91 Å². The number of likely N-dealkylation sites (tertiary alicyclic amines) is 1. The average molecular weight is 848 g/mol. The number of hydrogen-bond donors (Lipinski definition) is 1. The monoisotopic (exact) mass is 848 g/mol. The first-order valence-corrected chi connectivity index (χ1v) is 28.7. The van der Waals surface area contributed by atoms with Crippen molar-refractivity contribution in [3.05, 3.63) is 11.3 Å². The van der Waals surface area contributed by atoms with Gasteiger partial charge in [-0.2, -0.15) is 0 Å². The summed E-state index contributed by atoms with van der Waals surface area (Å²) >= 11 is 0. The molecule has 4 unspecified atom stereocenters. The Morgan fingerprint density at radius 1 is 0.850 bits per heavy atom. The quantitative estimate of drug-likeness (QED) is 0.197. The lowest BCUT2D eigenvalue weighted by molar-refractivity contribution is -0.152. The largest absolute Gasteiger partial charge is 0.395 e. The molecule has 9 rings (SSSR count). The van der Waals surface area contributed by atoms with Crippen molar-refractivity contribution in [3.63, 3.8) is 0 Å². The molecule has 1 N–H and O–H groups in total. The van der Waals surface area contributed by atoms with Crippen LogP contribution in [0.15, 0.2) is 11.3 Å². The standard InChI is InChI=1S/C50H81N3O6Si/c1-33-47(60(3,4)39-26-24-38(58-2)25-27-39)44(30-45(55)51(28-29-54)31-34-12-6-5-7-13-34)59-50(33)41-17-8-9-18-42(41)52(49(50)57)32-35-20-22-37(23-21-35)53-43-19-11-15-36-14-10-16-40(46(36)43)48(53)56/h33-40,43-44,46-47,54H,5-32H2,1-4H3/t33-,35?,36?,37?,38?,39?,40?,43?,44+,46?,47-,50+/m0/s1. The molecule has 1 spiro atoms. The van der Waals surface area contributed by atoms with Crippen LogP contribution < -0.4 is 0 Å². The van der Waals surface area contributed by atoms with E-state index < -0.39 is 13.7 Å². The molecule has 0 radical (unpaired) electrons. The minimum atomic E-state index is -2.12.